The molecule has 0 aliphatic carbocycles. The fourth-order valence-corrected chi connectivity index (χ4v) is 0.962. The molecule has 0 amide bonds. The van der Waals surface area contributed by atoms with Gasteiger partial charge in [-0.05, 0) is 20.3 Å². The second-order valence-corrected chi connectivity index (χ2v) is 2.55. The smallest absolute Gasteiger partial charge is 0.0962 e. The van der Waals surface area contributed by atoms with Gasteiger partial charge in [-0.15, -0.1) is 0 Å². The fraction of sp³-hybridized carbons (Fsp3) is 0.889. The maximum atomic E-state index is 4.36. The summed E-state index contributed by atoms with van der Waals surface area (Å²) in [6, 6.07) is 0. The number of nitrogens with zero attached hydrogens (tertiary/aromatic N) is 1. The van der Waals surface area contributed by atoms with Crippen molar-refractivity contribution < 1.29 is 0 Å². The molecule has 0 aromatic carbocycles. The number of rotatable bonds is 5. The Balaban J connectivity index is 3.60. The maximum absolute atomic E-state index is 4.36. The van der Waals surface area contributed by atoms with Gasteiger partial charge in [-0.2, -0.15) is 0 Å². The minimum Gasteiger partial charge on any atom is -0.374 e. The Kier molecular flexibility index (Phi) is 7.21. The molecule has 2 nitrogen and oxygen atoms in total. The van der Waals surface area contributed by atoms with E-state index >= 15 is 0 Å². The highest BCUT2D eigenvalue weighted by molar-refractivity contribution is 5.82. The zero-order valence-corrected chi connectivity index (χ0v) is 7.98. The van der Waals surface area contributed by atoms with E-state index in [1.807, 2.05) is 0 Å². The Hall–Kier alpha value is -0.530. The van der Waals surface area contributed by atoms with Gasteiger partial charge in [0.1, 0.15) is 0 Å². The van der Waals surface area contributed by atoms with Gasteiger partial charge in [0.05, 0.1) is 5.84 Å². The zero-order valence-electron chi connectivity index (χ0n) is 7.98. The Bertz CT molecular complexity index is 108. The number of unbranched alkanes of at least 4 members (excludes halogenated alkanes) is 1. The van der Waals surface area contributed by atoms with E-state index in [1.165, 1.54) is 18.7 Å². The molecule has 0 radical (unpaired) electrons. The quantitative estimate of drug-likeness (QED) is 0.479. The lowest BCUT2D eigenvalue weighted by Crippen LogP contribution is -2.23. The second kappa shape index (κ2) is 7.58. The SMILES string of the molecule is CCCCC(=NCC)NCC. The first-order chi connectivity index (χ1) is 5.35. The third-order valence-electron chi connectivity index (χ3n) is 1.50. The molecule has 11 heavy (non-hydrogen) atoms. The van der Waals surface area contributed by atoms with Crippen LogP contribution in [-0.2, 0) is 0 Å². The number of nitrogens with one attached hydrogen (secondary N) is 1. The molecule has 0 rings (SSSR count). The Morgan fingerprint density at radius 3 is 2.45 bits per heavy atom. The van der Waals surface area contributed by atoms with Crippen LogP contribution in [0.1, 0.15) is 40.0 Å². The molecular formula is C9H20N2. The average Bonchev–Trinajstić information content (AvgIpc) is 2.01. The predicted molar refractivity (Wildman–Crippen MR) is 51.2 cm³/mol. The van der Waals surface area contributed by atoms with E-state index in [4.69, 9.17) is 0 Å². The Morgan fingerprint density at radius 2 is 2.00 bits per heavy atom. The van der Waals surface area contributed by atoms with E-state index < -0.39 is 0 Å². The van der Waals surface area contributed by atoms with E-state index in [1.54, 1.807) is 0 Å². The summed E-state index contributed by atoms with van der Waals surface area (Å²) in [4.78, 5) is 4.36. The minimum atomic E-state index is 0.895. The molecule has 2 heteroatoms. The average molecular weight is 156 g/mol. The number of hydrogen-bond acceptors (Lipinski definition) is 1. The number of aliphatic imine (C=N–C) groups is 1. The van der Waals surface area contributed by atoms with Crippen LogP contribution in [0, 0.1) is 0 Å². The van der Waals surface area contributed by atoms with Crippen molar-refractivity contribution in [2.75, 3.05) is 13.1 Å². The van der Waals surface area contributed by atoms with Crippen molar-refractivity contribution in [3.05, 3.63) is 0 Å². The summed E-state index contributed by atoms with van der Waals surface area (Å²) in [5, 5.41) is 3.27. The van der Waals surface area contributed by atoms with Crippen LogP contribution in [0.4, 0.5) is 0 Å². The van der Waals surface area contributed by atoms with Crippen molar-refractivity contribution >= 4 is 5.84 Å². The van der Waals surface area contributed by atoms with Crippen molar-refractivity contribution in [3.8, 4) is 0 Å². The first-order valence-corrected chi connectivity index (χ1v) is 4.62. The van der Waals surface area contributed by atoms with Crippen LogP contribution in [0.5, 0.6) is 0 Å². The third-order valence-corrected chi connectivity index (χ3v) is 1.50. The van der Waals surface area contributed by atoms with E-state index in [0.29, 0.717) is 0 Å². The summed E-state index contributed by atoms with van der Waals surface area (Å²) >= 11 is 0. The van der Waals surface area contributed by atoms with Crippen molar-refractivity contribution in [1.82, 2.24) is 5.32 Å². The molecule has 0 aromatic heterocycles. The molecule has 0 bridgehead atoms. The molecule has 0 saturated carbocycles. The van der Waals surface area contributed by atoms with Crippen molar-refractivity contribution in [2.45, 2.75) is 40.0 Å². The molecule has 66 valence electrons. The van der Waals surface area contributed by atoms with Gasteiger partial charge < -0.3 is 5.32 Å². The summed E-state index contributed by atoms with van der Waals surface area (Å²) < 4.78 is 0. The lowest BCUT2D eigenvalue weighted by atomic mass is 10.2. The van der Waals surface area contributed by atoms with Gasteiger partial charge in [-0.1, -0.05) is 13.3 Å². The molecule has 0 unspecified atom stereocenters. The topological polar surface area (TPSA) is 24.4 Å². The van der Waals surface area contributed by atoms with Crippen LogP contribution in [0.2, 0.25) is 0 Å². The summed E-state index contributed by atoms with van der Waals surface area (Å²) in [5.74, 6) is 1.18. The maximum Gasteiger partial charge on any atom is 0.0962 e. The highest BCUT2D eigenvalue weighted by atomic mass is 15.0. The van der Waals surface area contributed by atoms with Gasteiger partial charge in [0.25, 0.3) is 0 Å². The van der Waals surface area contributed by atoms with E-state index in [2.05, 4.69) is 31.1 Å². The summed E-state index contributed by atoms with van der Waals surface area (Å²) in [5.41, 5.74) is 0. The van der Waals surface area contributed by atoms with E-state index in [9.17, 15) is 0 Å². The van der Waals surface area contributed by atoms with Gasteiger partial charge in [-0.25, -0.2) is 0 Å². The van der Waals surface area contributed by atoms with Crippen molar-refractivity contribution in [3.63, 3.8) is 0 Å². The van der Waals surface area contributed by atoms with Crippen molar-refractivity contribution in [2.24, 2.45) is 4.99 Å². The van der Waals surface area contributed by atoms with Gasteiger partial charge >= 0.3 is 0 Å². The Labute approximate surface area is 70.1 Å². The lowest BCUT2D eigenvalue weighted by Gasteiger charge is -2.05. The second-order valence-electron chi connectivity index (χ2n) is 2.55. The standard InChI is InChI=1S/C9H20N2/c1-4-7-8-9(10-5-2)11-6-3/h4-8H2,1-3H3,(H,10,11). The molecule has 0 aliphatic rings. The van der Waals surface area contributed by atoms with E-state index in [-0.39, 0.29) is 0 Å². The van der Waals surface area contributed by atoms with Crippen LogP contribution < -0.4 is 5.32 Å². The van der Waals surface area contributed by atoms with Crippen molar-refractivity contribution in [1.29, 1.82) is 0 Å². The first kappa shape index (κ1) is 10.5. The Morgan fingerprint density at radius 1 is 1.27 bits per heavy atom. The summed E-state index contributed by atoms with van der Waals surface area (Å²) in [6.45, 7) is 8.27. The largest absolute Gasteiger partial charge is 0.374 e. The van der Waals surface area contributed by atoms with Gasteiger partial charge in [0.15, 0.2) is 0 Å². The van der Waals surface area contributed by atoms with E-state index in [0.717, 1.165) is 19.5 Å². The summed E-state index contributed by atoms with van der Waals surface area (Å²) in [7, 11) is 0. The highest BCUT2D eigenvalue weighted by Gasteiger charge is 1.93. The minimum absolute atomic E-state index is 0.895. The van der Waals surface area contributed by atoms with Crippen LogP contribution >= 0.6 is 0 Å². The molecule has 0 aliphatic heterocycles. The summed E-state index contributed by atoms with van der Waals surface area (Å²) in [6.07, 6.45) is 3.60. The molecule has 0 aromatic rings. The molecule has 0 atom stereocenters. The highest BCUT2D eigenvalue weighted by Crippen LogP contribution is 1.94. The lowest BCUT2D eigenvalue weighted by molar-refractivity contribution is 0.798. The molecule has 0 fully saturated rings. The molecule has 0 saturated heterocycles. The van der Waals surface area contributed by atoms with Crippen LogP contribution in [0.3, 0.4) is 0 Å². The number of hydrogen-bond donors (Lipinski definition) is 1. The van der Waals surface area contributed by atoms with Crippen LogP contribution in [0.15, 0.2) is 4.99 Å². The monoisotopic (exact) mass is 156 g/mol. The van der Waals surface area contributed by atoms with Crippen LogP contribution in [0.25, 0.3) is 0 Å². The third kappa shape index (κ3) is 5.89. The van der Waals surface area contributed by atoms with Gasteiger partial charge in [-0.3, -0.25) is 4.99 Å². The molecule has 1 N–H and O–H groups in total. The number of amidine groups is 1. The fourth-order valence-electron chi connectivity index (χ4n) is 0.962. The van der Waals surface area contributed by atoms with Gasteiger partial charge in [0, 0.05) is 19.5 Å². The molecular weight excluding hydrogens is 136 g/mol. The zero-order chi connectivity index (χ0) is 8.53. The van der Waals surface area contributed by atoms with Crippen LogP contribution in [-0.4, -0.2) is 18.9 Å². The van der Waals surface area contributed by atoms with Gasteiger partial charge in [0.2, 0.25) is 0 Å². The molecule has 0 heterocycles. The normalized spacial score (nSPS) is 11.7. The predicted octanol–water partition coefficient (Wildman–Crippen LogP) is 2.20. The molecule has 0 spiro atoms. The first-order valence-electron chi connectivity index (χ1n) is 4.62.